The minimum atomic E-state index is -0.652. The zero-order chi connectivity index (χ0) is 17.7. The largest absolute Gasteiger partial charge is 0.348 e. The van der Waals surface area contributed by atoms with Crippen molar-refractivity contribution in [1.82, 2.24) is 10.6 Å². The Morgan fingerprint density at radius 3 is 2.54 bits per heavy atom. The summed E-state index contributed by atoms with van der Waals surface area (Å²) in [7, 11) is 0. The van der Waals surface area contributed by atoms with Gasteiger partial charge in [0.1, 0.15) is 5.82 Å². The minimum Gasteiger partial charge on any atom is -0.348 e. The molecule has 0 unspecified atom stereocenters. The molecule has 7 heteroatoms. The van der Waals surface area contributed by atoms with Crippen molar-refractivity contribution in [2.75, 3.05) is 6.54 Å². The van der Waals surface area contributed by atoms with Crippen LogP contribution >= 0.6 is 23.2 Å². The molecule has 24 heavy (non-hydrogen) atoms. The molecule has 0 saturated heterocycles. The van der Waals surface area contributed by atoms with Gasteiger partial charge in [0, 0.05) is 10.0 Å². The van der Waals surface area contributed by atoms with E-state index in [0.29, 0.717) is 15.6 Å². The molecule has 2 aromatic carbocycles. The molecule has 1 atom stereocenters. The van der Waals surface area contributed by atoms with E-state index in [2.05, 4.69) is 10.6 Å². The number of hydrogen-bond donors (Lipinski definition) is 2. The maximum atomic E-state index is 13.5. The molecule has 0 aromatic heterocycles. The fourth-order valence-electron chi connectivity index (χ4n) is 2.12. The Hall–Kier alpha value is -2.11. The second kappa shape index (κ2) is 8.13. The summed E-state index contributed by atoms with van der Waals surface area (Å²) in [4.78, 5) is 23.8. The molecule has 0 saturated carbocycles. The number of carbonyl (C=O) groups is 2. The minimum absolute atomic E-state index is 0.112. The molecule has 4 nitrogen and oxygen atoms in total. The standard InChI is InChI=1S/C17H15Cl2FN2O2/c1-10(12-7-6-11(18)8-14(12)19)22-16(23)9-21-17(24)13-4-2-3-5-15(13)20/h2-8,10H,9H2,1H3,(H,21,24)(H,22,23)/t10-/m0/s1. The summed E-state index contributed by atoms with van der Waals surface area (Å²) >= 11 is 11.9. The normalized spacial score (nSPS) is 11.7. The van der Waals surface area contributed by atoms with E-state index in [9.17, 15) is 14.0 Å². The van der Waals surface area contributed by atoms with Crippen molar-refractivity contribution in [1.29, 1.82) is 0 Å². The maximum Gasteiger partial charge on any atom is 0.254 e. The lowest BCUT2D eigenvalue weighted by molar-refractivity contribution is -0.120. The summed E-state index contributed by atoms with van der Waals surface area (Å²) < 4.78 is 13.5. The van der Waals surface area contributed by atoms with Crippen molar-refractivity contribution in [2.24, 2.45) is 0 Å². The van der Waals surface area contributed by atoms with Gasteiger partial charge in [0.2, 0.25) is 5.91 Å². The quantitative estimate of drug-likeness (QED) is 0.844. The second-order valence-corrected chi connectivity index (χ2v) is 5.96. The van der Waals surface area contributed by atoms with Crippen LogP contribution in [0.15, 0.2) is 42.5 Å². The predicted molar refractivity (Wildman–Crippen MR) is 91.8 cm³/mol. The molecule has 0 aliphatic heterocycles. The number of benzene rings is 2. The molecule has 0 bridgehead atoms. The molecule has 0 aliphatic rings. The molecule has 0 radical (unpaired) electrons. The van der Waals surface area contributed by atoms with E-state index in [-0.39, 0.29) is 18.2 Å². The van der Waals surface area contributed by atoms with Gasteiger partial charge in [0.05, 0.1) is 18.2 Å². The molecular weight excluding hydrogens is 354 g/mol. The smallest absolute Gasteiger partial charge is 0.254 e. The van der Waals surface area contributed by atoms with Crippen LogP contribution < -0.4 is 10.6 Å². The van der Waals surface area contributed by atoms with Gasteiger partial charge in [-0.3, -0.25) is 9.59 Å². The highest BCUT2D eigenvalue weighted by atomic mass is 35.5. The number of amides is 2. The van der Waals surface area contributed by atoms with Crippen molar-refractivity contribution < 1.29 is 14.0 Å². The van der Waals surface area contributed by atoms with Crippen LogP contribution in [0.2, 0.25) is 10.0 Å². The summed E-state index contributed by atoms with van der Waals surface area (Å²) in [5.74, 6) is -1.71. The van der Waals surface area contributed by atoms with E-state index < -0.39 is 17.6 Å². The lowest BCUT2D eigenvalue weighted by Crippen LogP contribution is -2.38. The SMILES string of the molecule is C[C@H](NC(=O)CNC(=O)c1ccccc1F)c1ccc(Cl)cc1Cl. The van der Waals surface area contributed by atoms with Gasteiger partial charge in [-0.15, -0.1) is 0 Å². The first-order valence-electron chi connectivity index (χ1n) is 7.15. The average Bonchev–Trinajstić information content (AvgIpc) is 2.52. The van der Waals surface area contributed by atoms with E-state index in [4.69, 9.17) is 23.2 Å². The van der Waals surface area contributed by atoms with Crippen molar-refractivity contribution in [3.05, 3.63) is 69.5 Å². The molecule has 2 rings (SSSR count). The number of rotatable bonds is 5. The van der Waals surface area contributed by atoms with Crippen LogP contribution in [0.1, 0.15) is 28.9 Å². The van der Waals surface area contributed by atoms with Crippen molar-refractivity contribution in [2.45, 2.75) is 13.0 Å². The number of halogens is 3. The fraction of sp³-hybridized carbons (Fsp3) is 0.176. The summed E-state index contributed by atoms with van der Waals surface area (Å²) in [6.45, 7) is 1.48. The van der Waals surface area contributed by atoms with E-state index in [1.54, 1.807) is 31.2 Å². The van der Waals surface area contributed by atoms with Gasteiger partial charge < -0.3 is 10.6 Å². The highest BCUT2D eigenvalue weighted by molar-refractivity contribution is 6.35. The van der Waals surface area contributed by atoms with Crippen LogP contribution in [-0.2, 0) is 4.79 Å². The van der Waals surface area contributed by atoms with E-state index >= 15 is 0 Å². The van der Waals surface area contributed by atoms with Crippen LogP contribution in [0.25, 0.3) is 0 Å². The summed E-state index contributed by atoms with van der Waals surface area (Å²) in [5.41, 5.74) is 0.592. The van der Waals surface area contributed by atoms with Gasteiger partial charge in [-0.25, -0.2) is 4.39 Å². The molecule has 0 aliphatic carbocycles. The van der Waals surface area contributed by atoms with Gasteiger partial charge in [0.15, 0.2) is 0 Å². The molecule has 2 aromatic rings. The van der Waals surface area contributed by atoms with E-state index in [1.807, 2.05) is 0 Å². The fourth-order valence-corrected chi connectivity index (χ4v) is 2.70. The molecule has 0 spiro atoms. The third-order valence-corrected chi connectivity index (χ3v) is 3.90. The lowest BCUT2D eigenvalue weighted by atomic mass is 10.1. The summed E-state index contributed by atoms with van der Waals surface area (Å²) in [6.07, 6.45) is 0. The summed E-state index contributed by atoms with van der Waals surface area (Å²) in [6, 6.07) is 10.2. The first-order valence-corrected chi connectivity index (χ1v) is 7.91. The van der Waals surface area contributed by atoms with E-state index in [1.165, 1.54) is 18.2 Å². The Morgan fingerprint density at radius 2 is 1.88 bits per heavy atom. The monoisotopic (exact) mass is 368 g/mol. The average molecular weight is 369 g/mol. The Balaban J connectivity index is 1.91. The molecular formula is C17H15Cl2FN2O2. The highest BCUT2D eigenvalue weighted by Crippen LogP contribution is 2.25. The van der Waals surface area contributed by atoms with Gasteiger partial charge in [0.25, 0.3) is 5.91 Å². The highest BCUT2D eigenvalue weighted by Gasteiger charge is 2.15. The van der Waals surface area contributed by atoms with Crippen LogP contribution in [0.5, 0.6) is 0 Å². The Morgan fingerprint density at radius 1 is 1.17 bits per heavy atom. The predicted octanol–water partition coefficient (Wildman–Crippen LogP) is 3.74. The van der Waals surface area contributed by atoms with E-state index in [0.717, 1.165) is 0 Å². The Kier molecular flexibility index (Phi) is 6.17. The van der Waals surface area contributed by atoms with Gasteiger partial charge in [-0.1, -0.05) is 41.4 Å². The van der Waals surface area contributed by atoms with Crippen LogP contribution in [-0.4, -0.2) is 18.4 Å². The van der Waals surface area contributed by atoms with Gasteiger partial charge >= 0.3 is 0 Å². The van der Waals surface area contributed by atoms with Crippen molar-refractivity contribution in [3.8, 4) is 0 Å². The second-order valence-electron chi connectivity index (χ2n) is 5.12. The van der Waals surface area contributed by atoms with Gasteiger partial charge in [-0.2, -0.15) is 0 Å². The van der Waals surface area contributed by atoms with Gasteiger partial charge in [-0.05, 0) is 36.8 Å². The first kappa shape index (κ1) is 18.2. The molecule has 0 heterocycles. The maximum absolute atomic E-state index is 13.5. The lowest BCUT2D eigenvalue weighted by Gasteiger charge is -2.16. The molecule has 2 amide bonds. The number of hydrogen-bond acceptors (Lipinski definition) is 2. The molecule has 126 valence electrons. The third kappa shape index (κ3) is 4.69. The van der Waals surface area contributed by atoms with Crippen molar-refractivity contribution in [3.63, 3.8) is 0 Å². The number of carbonyl (C=O) groups excluding carboxylic acids is 2. The number of nitrogens with one attached hydrogen (secondary N) is 2. The summed E-state index contributed by atoms with van der Waals surface area (Å²) in [5, 5.41) is 6.01. The van der Waals surface area contributed by atoms with Crippen LogP contribution in [0, 0.1) is 5.82 Å². The molecule has 0 fully saturated rings. The topological polar surface area (TPSA) is 58.2 Å². The Labute approximate surface area is 149 Å². The molecule has 2 N–H and O–H groups in total. The Bertz CT molecular complexity index is 768. The first-order chi connectivity index (χ1) is 11.4. The van der Waals surface area contributed by atoms with Crippen molar-refractivity contribution >= 4 is 35.0 Å². The zero-order valence-electron chi connectivity index (χ0n) is 12.8. The van der Waals surface area contributed by atoms with Crippen LogP contribution in [0.3, 0.4) is 0 Å². The zero-order valence-corrected chi connectivity index (χ0v) is 14.3. The van der Waals surface area contributed by atoms with Crippen LogP contribution in [0.4, 0.5) is 4.39 Å². The third-order valence-electron chi connectivity index (χ3n) is 3.33.